The van der Waals surface area contributed by atoms with Crippen LogP contribution in [0.2, 0.25) is 0 Å². The van der Waals surface area contributed by atoms with Crippen molar-refractivity contribution < 1.29 is 9.50 Å². The van der Waals surface area contributed by atoms with Gasteiger partial charge < -0.3 is 15.0 Å². The lowest BCUT2D eigenvalue weighted by Crippen LogP contribution is -2.24. The van der Waals surface area contributed by atoms with Gasteiger partial charge in [0, 0.05) is 31.9 Å². The molecule has 0 saturated carbocycles. The van der Waals surface area contributed by atoms with Gasteiger partial charge in [0.25, 0.3) is 5.56 Å². The fraction of sp³-hybridized carbons (Fsp3) is 0.222. The number of pyridine rings is 2. The van der Waals surface area contributed by atoms with Gasteiger partial charge in [-0.1, -0.05) is 6.07 Å². The van der Waals surface area contributed by atoms with Crippen LogP contribution in [0.5, 0.6) is 0 Å². The van der Waals surface area contributed by atoms with Gasteiger partial charge in [-0.15, -0.1) is 0 Å². The third-order valence-corrected chi connectivity index (χ3v) is 4.18. The number of aromatic nitrogens is 2. The van der Waals surface area contributed by atoms with E-state index in [0.717, 1.165) is 5.56 Å². The lowest BCUT2D eigenvalue weighted by molar-refractivity contribution is 0.280. The second-order valence-electron chi connectivity index (χ2n) is 6.01. The first kappa shape index (κ1) is 16.9. The molecule has 0 bridgehead atoms. The predicted molar refractivity (Wildman–Crippen MR) is 94.8 cm³/mol. The summed E-state index contributed by atoms with van der Waals surface area (Å²) >= 11 is 0. The molecule has 3 aromatic rings. The molecule has 0 aliphatic heterocycles. The molecule has 1 aromatic carbocycles. The minimum absolute atomic E-state index is 0.164. The summed E-state index contributed by atoms with van der Waals surface area (Å²) in [6.45, 7) is 1.34. The predicted octanol–water partition coefficient (Wildman–Crippen LogP) is 1.92. The van der Waals surface area contributed by atoms with E-state index in [1.165, 1.54) is 22.9 Å². The van der Waals surface area contributed by atoms with E-state index in [4.69, 9.17) is 0 Å². The first-order valence-corrected chi connectivity index (χ1v) is 7.69. The number of anilines is 2. The monoisotopic (exact) mass is 343 g/mol. The zero-order valence-corrected chi connectivity index (χ0v) is 14.1. The summed E-state index contributed by atoms with van der Waals surface area (Å²) in [6, 6.07) is 5.90. The Labute approximate surface area is 142 Å². The summed E-state index contributed by atoms with van der Waals surface area (Å²) in [7, 11) is 3.23. The van der Waals surface area contributed by atoms with Gasteiger partial charge in [0.1, 0.15) is 11.5 Å². The zero-order valence-electron chi connectivity index (χ0n) is 14.1. The van der Waals surface area contributed by atoms with Crippen LogP contribution in [-0.4, -0.2) is 14.2 Å². The van der Waals surface area contributed by atoms with Crippen LogP contribution < -0.4 is 16.3 Å². The summed E-state index contributed by atoms with van der Waals surface area (Å²) in [5.41, 5.74) is 0.963. The van der Waals surface area contributed by atoms with E-state index in [-0.39, 0.29) is 27.9 Å². The molecule has 0 aliphatic rings. The van der Waals surface area contributed by atoms with E-state index in [0.29, 0.717) is 5.65 Å². The number of hydrogen-bond donors (Lipinski definition) is 2. The summed E-state index contributed by atoms with van der Waals surface area (Å²) in [5.74, 6) is -0.482. The quantitative estimate of drug-likeness (QED) is 0.762. The Kier molecular flexibility index (Phi) is 4.18. The van der Waals surface area contributed by atoms with Crippen LogP contribution >= 0.6 is 0 Å². The molecule has 2 aromatic heterocycles. The minimum atomic E-state index is -0.482. The molecule has 130 valence electrons. The summed E-state index contributed by atoms with van der Waals surface area (Å²) in [6.07, 6.45) is 1.49. The molecule has 0 fully saturated rings. The van der Waals surface area contributed by atoms with Crippen molar-refractivity contribution in [3.63, 3.8) is 0 Å². The van der Waals surface area contributed by atoms with Crippen LogP contribution in [0.15, 0.2) is 40.1 Å². The van der Waals surface area contributed by atoms with Gasteiger partial charge in [-0.25, -0.2) is 4.39 Å². The highest BCUT2D eigenvalue weighted by molar-refractivity contribution is 5.91. The van der Waals surface area contributed by atoms with Crippen molar-refractivity contribution in [1.82, 2.24) is 9.13 Å². The average molecular weight is 343 g/mol. The Morgan fingerprint density at radius 2 is 1.88 bits per heavy atom. The summed E-state index contributed by atoms with van der Waals surface area (Å²) < 4.78 is 17.1. The Bertz CT molecular complexity index is 1100. The maximum atomic E-state index is 14.2. The molecule has 0 unspecified atom stereocenters. The second-order valence-corrected chi connectivity index (χ2v) is 6.01. The van der Waals surface area contributed by atoms with Gasteiger partial charge in [-0.2, -0.15) is 0 Å². The average Bonchev–Trinajstić information content (AvgIpc) is 2.56. The van der Waals surface area contributed by atoms with E-state index in [1.54, 1.807) is 37.7 Å². The molecule has 7 heteroatoms. The van der Waals surface area contributed by atoms with Crippen molar-refractivity contribution >= 4 is 22.4 Å². The maximum absolute atomic E-state index is 14.2. The van der Waals surface area contributed by atoms with Gasteiger partial charge in [0.15, 0.2) is 5.43 Å². The molecule has 0 aliphatic carbocycles. The summed E-state index contributed by atoms with van der Waals surface area (Å²) in [4.78, 5) is 25.0. The molecule has 0 radical (unpaired) electrons. The topological polar surface area (TPSA) is 76.3 Å². The van der Waals surface area contributed by atoms with Crippen LogP contribution in [0.3, 0.4) is 0 Å². The third kappa shape index (κ3) is 2.83. The van der Waals surface area contributed by atoms with E-state index in [1.807, 2.05) is 0 Å². The number of fused-ring (bicyclic) bond motifs is 1. The maximum Gasteiger partial charge on any atom is 0.253 e. The molecule has 0 amide bonds. The fourth-order valence-electron chi connectivity index (χ4n) is 2.91. The van der Waals surface area contributed by atoms with Gasteiger partial charge in [0.2, 0.25) is 0 Å². The highest BCUT2D eigenvalue weighted by Crippen LogP contribution is 2.25. The molecule has 3 rings (SSSR count). The number of halogens is 1. The minimum Gasteiger partial charge on any atom is -0.391 e. The molecule has 2 N–H and O–H groups in total. The van der Waals surface area contributed by atoms with Gasteiger partial charge in [-0.05, 0) is 24.6 Å². The largest absolute Gasteiger partial charge is 0.391 e. The molecule has 25 heavy (non-hydrogen) atoms. The molecule has 6 nitrogen and oxygen atoms in total. The highest BCUT2D eigenvalue weighted by atomic mass is 19.1. The van der Waals surface area contributed by atoms with E-state index in [9.17, 15) is 19.1 Å². The van der Waals surface area contributed by atoms with E-state index < -0.39 is 17.9 Å². The Hall–Kier alpha value is -2.93. The lowest BCUT2D eigenvalue weighted by Gasteiger charge is -2.16. The standard InChI is InChI=1S/C18H18FN3O3/c1-10-4-5-13(12(19)6-10)20-14-7-15(24)22(3)18-16(14)17(25)11(9-23)8-21(18)2/h4-8,20,23H,9H2,1-3H3. The smallest absolute Gasteiger partial charge is 0.253 e. The van der Waals surface area contributed by atoms with Crippen molar-refractivity contribution in [1.29, 1.82) is 0 Å². The van der Waals surface area contributed by atoms with Crippen molar-refractivity contribution in [3.8, 4) is 0 Å². The number of hydrogen-bond acceptors (Lipinski definition) is 4. The van der Waals surface area contributed by atoms with Crippen molar-refractivity contribution in [2.75, 3.05) is 5.32 Å². The Morgan fingerprint density at radius 1 is 1.16 bits per heavy atom. The SMILES string of the molecule is Cc1ccc(Nc2cc(=O)n(C)c3c2c(=O)c(CO)cn3C)c(F)c1. The van der Waals surface area contributed by atoms with E-state index >= 15 is 0 Å². The van der Waals surface area contributed by atoms with Crippen LogP contribution in [0.4, 0.5) is 15.8 Å². The number of benzene rings is 1. The van der Waals surface area contributed by atoms with Crippen LogP contribution in [0, 0.1) is 12.7 Å². The molecule has 0 atom stereocenters. The normalized spacial score (nSPS) is 11.1. The van der Waals surface area contributed by atoms with E-state index in [2.05, 4.69) is 5.32 Å². The first-order chi connectivity index (χ1) is 11.8. The Morgan fingerprint density at radius 3 is 2.52 bits per heavy atom. The zero-order chi connectivity index (χ0) is 18.3. The lowest BCUT2D eigenvalue weighted by atomic mass is 10.1. The third-order valence-electron chi connectivity index (χ3n) is 4.18. The molecule has 2 heterocycles. The Balaban J connectivity index is 2.35. The van der Waals surface area contributed by atoms with Gasteiger partial charge in [0.05, 0.1) is 23.4 Å². The van der Waals surface area contributed by atoms with Crippen LogP contribution in [0.25, 0.3) is 11.0 Å². The second kappa shape index (κ2) is 6.18. The van der Waals surface area contributed by atoms with Crippen LogP contribution in [-0.2, 0) is 20.7 Å². The molecule has 0 spiro atoms. The van der Waals surface area contributed by atoms with Crippen molar-refractivity contribution in [2.24, 2.45) is 14.1 Å². The molecular formula is C18H18FN3O3. The summed E-state index contributed by atoms with van der Waals surface area (Å²) in [5, 5.41) is 12.5. The van der Waals surface area contributed by atoms with Gasteiger partial charge >= 0.3 is 0 Å². The number of rotatable bonds is 3. The highest BCUT2D eigenvalue weighted by Gasteiger charge is 2.16. The first-order valence-electron chi connectivity index (χ1n) is 7.69. The number of aliphatic hydroxyl groups is 1. The number of aliphatic hydroxyl groups excluding tert-OH is 1. The van der Waals surface area contributed by atoms with Crippen molar-refractivity contribution in [2.45, 2.75) is 13.5 Å². The molecule has 0 saturated heterocycles. The number of nitrogens with one attached hydrogen (secondary N) is 1. The van der Waals surface area contributed by atoms with Crippen LogP contribution in [0.1, 0.15) is 11.1 Å². The number of nitrogens with zero attached hydrogens (tertiary/aromatic N) is 2. The van der Waals surface area contributed by atoms with Crippen molar-refractivity contribution in [3.05, 3.63) is 68.0 Å². The molecular weight excluding hydrogens is 325 g/mol. The number of aryl methyl sites for hydroxylation is 3. The fourth-order valence-corrected chi connectivity index (χ4v) is 2.91. The van der Waals surface area contributed by atoms with Gasteiger partial charge in [-0.3, -0.25) is 14.2 Å².